The van der Waals surface area contributed by atoms with Gasteiger partial charge in [-0.25, -0.2) is 0 Å². The molecule has 1 aromatic carbocycles. The molecule has 1 aromatic heterocycles. The average Bonchev–Trinajstić information content (AvgIpc) is 2.72. The number of unbranched alkanes of at least 4 members (excludes halogenated alkanes) is 4. The molecule has 0 N–H and O–H groups in total. The van der Waals surface area contributed by atoms with Crippen molar-refractivity contribution in [3.05, 3.63) is 53.7 Å². The van der Waals surface area contributed by atoms with Gasteiger partial charge >= 0.3 is 0 Å². The molecule has 29 heavy (non-hydrogen) atoms. The molecule has 0 spiro atoms. The highest BCUT2D eigenvalue weighted by Crippen LogP contribution is 2.47. The van der Waals surface area contributed by atoms with Crippen LogP contribution in [0.1, 0.15) is 97.6 Å². The normalized spacial score (nSPS) is 20.8. The minimum absolute atomic E-state index is 0.0795. The van der Waals surface area contributed by atoms with Gasteiger partial charge in [-0.05, 0) is 43.9 Å². The SMILES string of the molecule is CCCCCCCC(C)Cc1ccc2[n+](c1)C(C)(CC)C(C)(C)c1ccccc1-2. The molecule has 158 valence electrons. The summed E-state index contributed by atoms with van der Waals surface area (Å²) in [6, 6.07) is 13.8. The quantitative estimate of drug-likeness (QED) is 0.305. The van der Waals surface area contributed by atoms with Crippen LogP contribution in [0.25, 0.3) is 11.3 Å². The fraction of sp³-hybridized carbons (Fsp3) is 0.607. The van der Waals surface area contributed by atoms with Crippen LogP contribution < -0.4 is 4.57 Å². The molecule has 0 radical (unpaired) electrons. The number of aromatic nitrogens is 1. The summed E-state index contributed by atoms with van der Waals surface area (Å²) in [6.45, 7) is 14.4. The number of benzene rings is 1. The van der Waals surface area contributed by atoms with Crippen molar-refractivity contribution in [3.8, 4) is 11.3 Å². The molecule has 1 aliphatic heterocycles. The summed E-state index contributed by atoms with van der Waals surface area (Å²) < 4.78 is 2.61. The van der Waals surface area contributed by atoms with E-state index in [-0.39, 0.29) is 11.0 Å². The third kappa shape index (κ3) is 4.16. The average molecular weight is 393 g/mol. The van der Waals surface area contributed by atoms with Gasteiger partial charge in [-0.1, -0.05) is 77.5 Å². The van der Waals surface area contributed by atoms with Crippen LogP contribution >= 0.6 is 0 Å². The zero-order valence-electron chi connectivity index (χ0n) is 19.7. The van der Waals surface area contributed by atoms with Crippen molar-refractivity contribution in [3.63, 3.8) is 0 Å². The zero-order valence-corrected chi connectivity index (χ0v) is 19.7. The van der Waals surface area contributed by atoms with Gasteiger partial charge in [-0.2, -0.15) is 4.57 Å². The Morgan fingerprint density at radius 3 is 2.34 bits per heavy atom. The highest BCUT2D eigenvalue weighted by atomic mass is 15.1. The lowest BCUT2D eigenvalue weighted by Crippen LogP contribution is -2.66. The number of nitrogens with zero attached hydrogens (tertiary/aromatic N) is 1. The molecule has 3 rings (SSSR count). The van der Waals surface area contributed by atoms with Gasteiger partial charge in [0.2, 0.25) is 5.69 Å². The molecule has 1 heteroatoms. The molecule has 2 atom stereocenters. The maximum atomic E-state index is 2.61. The van der Waals surface area contributed by atoms with Crippen LogP contribution in [-0.2, 0) is 17.4 Å². The molecule has 2 aromatic rings. The van der Waals surface area contributed by atoms with E-state index in [4.69, 9.17) is 0 Å². The van der Waals surface area contributed by atoms with Crippen molar-refractivity contribution < 1.29 is 4.57 Å². The van der Waals surface area contributed by atoms with E-state index in [0.717, 1.165) is 12.3 Å². The van der Waals surface area contributed by atoms with Gasteiger partial charge in [0.15, 0.2) is 11.7 Å². The van der Waals surface area contributed by atoms with E-state index in [1.165, 1.54) is 67.3 Å². The minimum atomic E-state index is 0.0795. The number of hydrogen-bond donors (Lipinski definition) is 0. The standard InChI is InChI=1S/C28H42N/c1-7-9-10-11-12-15-22(3)20-23-18-19-26-24-16-13-14-17-25(24)27(4,5)28(6,8-2)29(26)21-23/h13-14,16-19,21-22H,7-12,15,20H2,1-6H3/q+1. The molecular weight excluding hydrogens is 350 g/mol. The van der Waals surface area contributed by atoms with Crippen LogP contribution in [0.3, 0.4) is 0 Å². The monoisotopic (exact) mass is 392 g/mol. The number of pyridine rings is 1. The van der Waals surface area contributed by atoms with Crippen LogP contribution in [0, 0.1) is 5.92 Å². The third-order valence-corrected chi connectivity index (χ3v) is 7.84. The fourth-order valence-electron chi connectivity index (χ4n) is 5.35. The van der Waals surface area contributed by atoms with Gasteiger partial charge in [0.25, 0.3) is 0 Å². The first kappa shape index (κ1) is 22.1. The van der Waals surface area contributed by atoms with Crippen molar-refractivity contribution in [2.24, 2.45) is 5.92 Å². The van der Waals surface area contributed by atoms with Crippen LogP contribution in [-0.4, -0.2) is 0 Å². The van der Waals surface area contributed by atoms with Crippen molar-refractivity contribution in [2.75, 3.05) is 0 Å². The number of hydrogen-bond acceptors (Lipinski definition) is 0. The van der Waals surface area contributed by atoms with E-state index in [2.05, 4.69) is 88.7 Å². The van der Waals surface area contributed by atoms with E-state index >= 15 is 0 Å². The first-order valence-corrected chi connectivity index (χ1v) is 12.0. The van der Waals surface area contributed by atoms with E-state index in [0.29, 0.717) is 0 Å². The predicted molar refractivity (Wildman–Crippen MR) is 125 cm³/mol. The van der Waals surface area contributed by atoms with Gasteiger partial charge in [-0.15, -0.1) is 0 Å². The Kier molecular flexibility index (Phi) is 6.87. The Bertz CT molecular complexity index is 819. The lowest BCUT2D eigenvalue weighted by Gasteiger charge is -2.44. The van der Waals surface area contributed by atoms with Crippen molar-refractivity contribution in [1.29, 1.82) is 0 Å². The van der Waals surface area contributed by atoms with E-state index in [1.54, 1.807) is 0 Å². The molecule has 0 fully saturated rings. The summed E-state index contributed by atoms with van der Waals surface area (Å²) in [7, 11) is 0. The summed E-state index contributed by atoms with van der Waals surface area (Å²) in [6.07, 6.45) is 13.1. The molecule has 2 heterocycles. The maximum absolute atomic E-state index is 2.61. The topological polar surface area (TPSA) is 3.88 Å². The lowest BCUT2D eigenvalue weighted by molar-refractivity contribution is -0.764. The molecule has 0 aliphatic carbocycles. The Labute approximate surface area is 179 Å². The molecule has 2 unspecified atom stereocenters. The summed E-state index contributed by atoms with van der Waals surface area (Å²) in [5, 5.41) is 0. The summed E-state index contributed by atoms with van der Waals surface area (Å²) in [5.41, 5.74) is 5.93. The van der Waals surface area contributed by atoms with E-state index in [9.17, 15) is 0 Å². The van der Waals surface area contributed by atoms with Gasteiger partial charge in [0.1, 0.15) is 0 Å². The molecule has 0 saturated carbocycles. The largest absolute Gasteiger partial charge is 0.213 e. The minimum Gasteiger partial charge on any atom is -0.192 e. The van der Waals surface area contributed by atoms with Crippen molar-refractivity contribution >= 4 is 0 Å². The van der Waals surface area contributed by atoms with Crippen LogP contribution in [0.2, 0.25) is 0 Å². The third-order valence-electron chi connectivity index (χ3n) is 7.84. The second-order valence-electron chi connectivity index (χ2n) is 10.1. The molecule has 0 bridgehead atoms. The Hall–Kier alpha value is -1.63. The highest BCUT2D eigenvalue weighted by Gasteiger charge is 2.54. The number of fused-ring (bicyclic) bond motifs is 3. The fourth-order valence-corrected chi connectivity index (χ4v) is 5.35. The van der Waals surface area contributed by atoms with Crippen molar-refractivity contribution in [2.45, 2.75) is 104 Å². The molecule has 1 aliphatic rings. The molecular formula is C28H42N+. The first-order valence-electron chi connectivity index (χ1n) is 12.0. The molecule has 0 amide bonds. The smallest absolute Gasteiger partial charge is 0.192 e. The van der Waals surface area contributed by atoms with Crippen LogP contribution in [0.5, 0.6) is 0 Å². The van der Waals surface area contributed by atoms with Crippen LogP contribution in [0.15, 0.2) is 42.6 Å². The lowest BCUT2D eigenvalue weighted by atomic mass is 9.63. The second kappa shape index (κ2) is 9.02. The van der Waals surface area contributed by atoms with Gasteiger partial charge in [0.05, 0.1) is 11.0 Å². The van der Waals surface area contributed by atoms with E-state index in [1.807, 2.05) is 0 Å². The molecule has 1 nitrogen and oxygen atoms in total. The van der Waals surface area contributed by atoms with Gasteiger partial charge in [-0.3, -0.25) is 0 Å². The summed E-state index contributed by atoms with van der Waals surface area (Å²) >= 11 is 0. The Balaban J connectivity index is 1.85. The Morgan fingerprint density at radius 1 is 0.897 bits per heavy atom. The van der Waals surface area contributed by atoms with Gasteiger partial charge in [0, 0.05) is 25.0 Å². The second-order valence-corrected chi connectivity index (χ2v) is 10.1. The van der Waals surface area contributed by atoms with E-state index < -0.39 is 0 Å². The highest BCUT2D eigenvalue weighted by molar-refractivity contribution is 5.65. The number of rotatable bonds is 9. The van der Waals surface area contributed by atoms with Crippen LogP contribution in [0.4, 0.5) is 0 Å². The molecule has 0 saturated heterocycles. The zero-order chi connectivity index (χ0) is 21.1. The predicted octanol–water partition coefficient (Wildman–Crippen LogP) is 7.60. The summed E-state index contributed by atoms with van der Waals surface area (Å²) in [5.74, 6) is 0.757. The summed E-state index contributed by atoms with van der Waals surface area (Å²) in [4.78, 5) is 0. The van der Waals surface area contributed by atoms with Gasteiger partial charge < -0.3 is 0 Å². The maximum Gasteiger partial charge on any atom is 0.213 e. The Morgan fingerprint density at radius 2 is 1.62 bits per heavy atom. The first-order chi connectivity index (χ1) is 13.8. The van der Waals surface area contributed by atoms with Crippen molar-refractivity contribution in [1.82, 2.24) is 0 Å².